The van der Waals surface area contributed by atoms with Gasteiger partial charge in [-0.2, -0.15) is 0 Å². The van der Waals surface area contributed by atoms with E-state index in [4.69, 9.17) is 11.6 Å². The van der Waals surface area contributed by atoms with Gasteiger partial charge >= 0.3 is 0 Å². The molecule has 0 aliphatic carbocycles. The van der Waals surface area contributed by atoms with Crippen LogP contribution in [0.2, 0.25) is 5.02 Å². The lowest BCUT2D eigenvalue weighted by Crippen LogP contribution is -2.12. The highest BCUT2D eigenvalue weighted by Gasteiger charge is 2.07. The van der Waals surface area contributed by atoms with Crippen LogP contribution in [0.4, 0.5) is 22.9 Å². The molecule has 6 heteroatoms. The van der Waals surface area contributed by atoms with Crippen molar-refractivity contribution >= 4 is 40.4 Å². The number of amides is 1. The fraction of sp³-hybridized carbons (Fsp3) is 0.100. The Morgan fingerprint density at radius 2 is 1.73 bits per heavy atom. The van der Waals surface area contributed by atoms with Gasteiger partial charge in [-0.3, -0.25) is 4.79 Å². The van der Waals surface area contributed by atoms with Crippen LogP contribution in [0, 0.1) is 0 Å². The normalized spacial score (nSPS) is 10.3. The van der Waals surface area contributed by atoms with Crippen LogP contribution in [0.1, 0.15) is 10.4 Å². The third kappa shape index (κ3) is 4.52. The molecule has 2 N–H and O–H groups in total. The maximum atomic E-state index is 12.2. The first kappa shape index (κ1) is 17.8. The Morgan fingerprint density at radius 1 is 1.00 bits per heavy atom. The van der Waals surface area contributed by atoms with E-state index in [0.29, 0.717) is 22.1 Å². The molecule has 0 unspecified atom stereocenters. The SMILES string of the molecule is CN(C)c1ccc(Nc2ccc(NC(=O)c3cccc(Cl)c3)cn2)cc1. The van der Waals surface area contributed by atoms with Gasteiger partial charge in [0, 0.05) is 36.1 Å². The molecule has 5 nitrogen and oxygen atoms in total. The monoisotopic (exact) mass is 366 g/mol. The molecule has 0 bridgehead atoms. The summed E-state index contributed by atoms with van der Waals surface area (Å²) in [6, 6.07) is 18.5. The zero-order valence-electron chi connectivity index (χ0n) is 14.5. The van der Waals surface area contributed by atoms with Crippen LogP contribution in [0.3, 0.4) is 0 Å². The fourth-order valence-electron chi connectivity index (χ4n) is 2.37. The summed E-state index contributed by atoms with van der Waals surface area (Å²) in [6.07, 6.45) is 1.61. The molecule has 0 fully saturated rings. The summed E-state index contributed by atoms with van der Waals surface area (Å²) in [5, 5.41) is 6.56. The average molecular weight is 367 g/mol. The maximum absolute atomic E-state index is 12.2. The predicted molar refractivity (Wildman–Crippen MR) is 108 cm³/mol. The second-order valence-electron chi connectivity index (χ2n) is 5.96. The molecular weight excluding hydrogens is 348 g/mol. The molecule has 0 atom stereocenters. The summed E-state index contributed by atoms with van der Waals surface area (Å²) in [6.45, 7) is 0. The average Bonchev–Trinajstić information content (AvgIpc) is 2.64. The Labute approximate surface area is 157 Å². The number of halogens is 1. The summed E-state index contributed by atoms with van der Waals surface area (Å²) in [5.41, 5.74) is 3.19. The lowest BCUT2D eigenvalue weighted by atomic mass is 10.2. The Balaban J connectivity index is 1.64. The van der Waals surface area contributed by atoms with Crippen LogP contribution in [0.5, 0.6) is 0 Å². The van der Waals surface area contributed by atoms with Gasteiger partial charge in [0.15, 0.2) is 0 Å². The number of benzene rings is 2. The van der Waals surface area contributed by atoms with E-state index >= 15 is 0 Å². The van der Waals surface area contributed by atoms with Crippen molar-refractivity contribution in [3.05, 3.63) is 77.4 Å². The molecular formula is C20H19ClN4O. The molecule has 0 spiro atoms. The van der Waals surface area contributed by atoms with E-state index in [1.807, 2.05) is 49.3 Å². The summed E-state index contributed by atoms with van der Waals surface area (Å²) in [5.74, 6) is 0.470. The second-order valence-corrected chi connectivity index (χ2v) is 6.40. The van der Waals surface area contributed by atoms with Gasteiger partial charge < -0.3 is 15.5 Å². The van der Waals surface area contributed by atoms with Gasteiger partial charge in [0.05, 0.1) is 11.9 Å². The molecule has 0 saturated heterocycles. The summed E-state index contributed by atoms with van der Waals surface area (Å²) in [4.78, 5) is 18.6. The van der Waals surface area contributed by atoms with Gasteiger partial charge in [-0.05, 0) is 54.6 Å². The number of carbonyl (C=O) groups is 1. The number of aromatic nitrogens is 1. The smallest absolute Gasteiger partial charge is 0.255 e. The second kappa shape index (κ2) is 7.89. The molecule has 0 aliphatic heterocycles. The number of hydrogen-bond acceptors (Lipinski definition) is 4. The van der Waals surface area contributed by atoms with E-state index in [-0.39, 0.29) is 5.91 Å². The molecule has 1 aromatic heterocycles. The van der Waals surface area contributed by atoms with Crippen molar-refractivity contribution in [2.24, 2.45) is 0 Å². The van der Waals surface area contributed by atoms with Gasteiger partial charge in [-0.1, -0.05) is 17.7 Å². The van der Waals surface area contributed by atoms with Crippen LogP contribution in [-0.4, -0.2) is 25.0 Å². The van der Waals surface area contributed by atoms with Gasteiger partial charge in [-0.25, -0.2) is 4.98 Å². The van der Waals surface area contributed by atoms with E-state index in [9.17, 15) is 4.79 Å². The number of nitrogens with zero attached hydrogens (tertiary/aromatic N) is 2. The number of rotatable bonds is 5. The predicted octanol–water partition coefficient (Wildman–Crippen LogP) is 4.80. The first-order valence-electron chi connectivity index (χ1n) is 8.09. The number of hydrogen-bond donors (Lipinski definition) is 2. The molecule has 1 amide bonds. The Kier molecular flexibility index (Phi) is 5.39. The minimum Gasteiger partial charge on any atom is -0.378 e. The van der Waals surface area contributed by atoms with Gasteiger partial charge in [-0.15, -0.1) is 0 Å². The zero-order chi connectivity index (χ0) is 18.5. The van der Waals surface area contributed by atoms with Crippen LogP contribution in [0.25, 0.3) is 0 Å². The Bertz CT molecular complexity index is 892. The largest absolute Gasteiger partial charge is 0.378 e. The molecule has 2 aromatic carbocycles. The van der Waals surface area contributed by atoms with Crippen LogP contribution < -0.4 is 15.5 Å². The van der Waals surface area contributed by atoms with Crippen molar-refractivity contribution in [2.45, 2.75) is 0 Å². The van der Waals surface area contributed by atoms with E-state index in [2.05, 4.69) is 15.6 Å². The van der Waals surface area contributed by atoms with Crippen LogP contribution in [0.15, 0.2) is 66.9 Å². The van der Waals surface area contributed by atoms with Crippen molar-refractivity contribution in [3.8, 4) is 0 Å². The van der Waals surface area contributed by atoms with Crippen molar-refractivity contribution in [1.29, 1.82) is 0 Å². The number of anilines is 4. The molecule has 3 rings (SSSR count). The van der Waals surface area contributed by atoms with Crippen molar-refractivity contribution in [2.75, 3.05) is 29.6 Å². The quantitative estimate of drug-likeness (QED) is 0.681. The van der Waals surface area contributed by atoms with E-state index in [1.165, 1.54) is 0 Å². The summed E-state index contributed by atoms with van der Waals surface area (Å²) >= 11 is 5.91. The van der Waals surface area contributed by atoms with Gasteiger partial charge in [0.2, 0.25) is 0 Å². The number of carbonyl (C=O) groups excluding carboxylic acids is 1. The summed E-state index contributed by atoms with van der Waals surface area (Å²) < 4.78 is 0. The number of nitrogens with one attached hydrogen (secondary N) is 2. The molecule has 0 aliphatic rings. The maximum Gasteiger partial charge on any atom is 0.255 e. The van der Waals surface area contributed by atoms with E-state index in [0.717, 1.165) is 11.4 Å². The zero-order valence-corrected chi connectivity index (χ0v) is 15.3. The van der Waals surface area contributed by atoms with Crippen molar-refractivity contribution < 1.29 is 4.79 Å². The molecule has 132 valence electrons. The minimum absolute atomic E-state index is 0.228. The highest BCUT2D eigenvalue weighted by molar-refractivity contribution is 6.31. The van der Waals surface area contributed by atoms with E-state index < -0.39 is 0 Å². The molecule has 3 aromatic rings. The third-order valence-electron chi connectivity index (χ3n) is 3.76. The molecule has 26 heavy (non-hydrogen) atoms. The Morgan fingerprint density at radius 3 is 2.35 bits per heavy atom. The third-order valence-corrected chi connectivity index (χ3v) is 4.00. The lowest BCUT2D eigenvalue weighted by molar-refractivity contribution is 0.102. The van der Waals surface area contributed by atoms with Gasteiger partial charge in [0.1, 0.15) is 5.82 Å². The van der Waals surface area contributed by atoms with Crippen molar-refractivity contribution in [3.63, 3.8) is 0 Å². The lowest BCUT2D eigenvalue weighted by Gasteiger charge is -2.13. The Hall–Kier alpha value is -3.05. The molecule has 1 heterocycles. The standard InChI is InChI=1S/C20H19ClN4O/c1-25(2)18-9-6-16(7-10-18)23-19-11-8-17(13-22-19)24-20(26)14-4-3-5-15(21)12-14/h3-13H,1-2H3,(H,22,23)(H,24,26). The molecule has 0 saturated carbocycles. The minimum atomic E-state index is -0.228. The first-order valence-corrected chi connectivity index (χ1v) is 8.46. The molecule has 0 radical (unpaired) electrons. The van der Waals surface area contributed by atoms with Crippen LogP contribution in [-0.2, 0) is 0 Å². The topological polar surface area (TPSA) is 57.3 Å². The van der Waals surface area contributed by atoms with Gasteiger partial charge in [0.25, 0.3) is 5.91 Å². The number of pyridine rings is 1. The first-order chi connectivity index (χ1) is 12.5. The van der Waals surface area contributed by atoms with Crippen molar-refractivity contribution in [1.82, 2.24) is 4.98 Å². The van der Waals surface area contributed by atoms with Crippen LogP contribution >= 0.6 is 11.6 Å². The highest BCUT2D eigenvalue weighted by Crippen LogP contribution is 2.20. The summed E-state index contributed by atoms with van der Waals surface area (Å²) in [7, 11) is 4.00. The fourth-order valence-corrected chi connectivity index (χ4v) is 2.56. The van der Waals surface area contributed by atoms with E-state index in [1.54, 1.807) is 36.5 Å². The highest BCUT2D eigenvalue weighted by atomic mass is 35.5.